The molecule has 0 bridgehead atoms. The Labute approximate surface area is 110 Å². The van der Waals surface area contributed by atoms with Crippen molar-refractivity contribution in [3.05, 3.63) is 21.8 Å². The van der Waals surface area contributed by atoms with Crippen molar-refractivity contribution in [2.75, 3.05) is 17.7 Å². The summed E-state index contributed by atoms with van der Waals surface area (Å²) < 4.78 is 1.11. The molecule has 0 atom stereocenters. The van der Waals surface area contributed by atoms with Gasteiger partial charge in [0, 0.05) is 14.9 Å². The molecule has 0 aromatic heterocycles. The van der Waals surface area contributed by atoms with Gasteiger partial charge in [0.05, 0.1) is 12.1 Å². The predicted octanol–water partition coefficient (Wildman–Crippen LogP) is 2.59. The Morgan fingerprint density at radius 1 is 1.38 bits per heavy atom. The molecule has 1 fully saturated rings. The molecule has 88 valence electrons. The lowest BCUT2D eigenvalue weighted by Crippen LogP contribution is -2.39. The standard InChI is InChI=1S/C12H17IN2O/c13-10-7-9(14)3-4-11(10)15-12(8-16)5-1-2-6-12/h3-4,7,15-16H,1-2,5-6,8,14H2. The SMILES string of the molecule is Nc1ccc(NC2(CO)CCCC2)c(I)c1. The molecule has 1 aliphatic carbocycles. The van der Waals surface area contributed by atoms with Crippen LogP contribution in [0.2, 0.25) is 0 Å². The van der Waals surface area contributed by atoms with Gasteiger partial charge in [0.2, 0.25) is 0 Å². The van der Waals surface area contributed by atoms with E-state index in [1.807, 2.05) is 18.2 Å². The van der Waals surface area contributed by atoms with Gasteiger partial charge in [-0.1, -0.05) is 12.8 Å². The first-order valence-corrected chi connectivity index (χ1v) is 6.67. The summed E-state index contributed by atoms with van der Waals surface area (Å²) in [6, 6.07) is 5.83. The minimum Gasteiger partial charge on any atom is -0.399 e. The fourth-order valence-corrected chi connectivity index (χ4v) is 2.97. The van der Waals surface area contributed by atoms with Gasteiger partial charge in [-0.25, -0.2) is 0 Å². The molecule has 16 heavy (non-hydrogen) atoms. The summed E-state index contributed by atoms with van der Waals surface area (Å²) in [6.07, 6.45) is 4.48. The molecule has 2 rings (SSSR count). The molecule has 0 amide bonds. The summed E-state index contributed by atoms with van der Waals surface area (Å²) >= 11 is 2.27. The highest BCUT2D eigenvalue weighted by molar-refractivity contribution is 14.1. The molecule has 1 aromatic rings. The molecule has 3 nitrogen and oxygen atoms in total. The molecular weight excluding hydrogens is 315 g/mol. The Bertz CT molecular complexity index is 375. The van der Waals surface area contributed by atoms with Gasteiger partial charge in [-0.05, 0) is 53.6 Å². The molecule has 0 unspecified atom stereocenters. The van der Waals surface area contributed by atoms with E-state index in [4.69, 9.17) is 5.73 Å². The van der Waals surface area contributed by atoms with Gasteiger partial charge in [-0.15, -0.1) is 0 Å². The van der Waals surface area contributed by atoms with Crippen LogP contribution in [0.25, 0.3) is 0 Å². The van der Waals surface area contributed by atoms with Crippen LogP contribution >= 0.6 is 22.6 Å². The molecule has 4 N–H and O–H groups in total. The van der Waals surface area contributed by atoms with Crippen LogP contribution in [0.5, 0.6) is 0 Å². The Balaban J connectivity index is 2.19. The summed E-state index contributed by atoms with van der Waals surface area (Å²) in [5.74, 6) is 0. The van der Waals surface area contributed by atoms with Crippen LogP contribution in [-0.2, 0) is 0 Å². The quantitative estimate of drug-likeness (QED) is 0.589. The van der Waals surface area contributed by atoms with E-state index in [1.54, 1.807) is 0 Å². The second-order valence-corrected chi connectivity index (χ2v) is 5.67. The average molecular weight is 332 g/mol. The fourth-order valence-electron chi connectivity index (χ4n) is 2.29. The number of halogens is 1. The minimum absolute atomic E-state index is 0.115. The van der Waals surface area contributed by atoms with Crippen molar-refractivity contribution in [3.63, 3.8) is 0 Å². The van der Waals surface area contributed by atoms with E-state index in [-0.39, 0.29) is 12.1 Å². The normalized spacial score (nSPS) is 18.6. The highest BCUT2D eigenvalue weighted by Crippen LogP contribution is 2.34. The van der Waals surface area contributed by atoms with Gasteiger partial charge in [-0.3, -0.25) is 0 Å². The number of aliphatic hydroxyl groups excluding tert-OH is 1. The lowest BCUT2D eigenvalue weighted by Gasteiger charge is -2.29. The average Bonchev–Trinajstić information content (AvgIpc) is 2.72. The molecule has 0 radical (unpaired) electrons. The van der Waals surface area contributed by atoms with Gasteiger partial charge in [0.15, 0.2) is 0 Å². The Kier molecular flexibility index (Phi) is 3.59. The number of nitrogens with one attached hydrogen (secondary N) is 1. The lowest BCUT2D eigenvalue weighted by molar-refractivity contribution is 0.214. The van der Waals surface area contributed by atoms with Crippen LogP contribution in [0.1, 0.15) is 25.7 Å². The first kappa shape index (κ1) is 12.0. The first-order chi connectivity index (χ1) is 7.65. The third-order valence-electron chi connectivity index (χ3n) is 3.26. The number of hydrogen-bond donors (Lipinski definition) is 3. The maximum Gasteiger partial charge on any atom is 0.0661 e. The van der Waals surface area contributed by atoms with Crippen molar-refractivity contribution >= 4 is 34.0 Å². The smallest absolute Gasteiger partial charge is 0.0661 e. The maximum atomic E-state index is 9.53. The topological polar surface area (TPSA) is 58.3 Å². The van der Waals surface area contributed by atoms with Crippen molar-refractivity contribution < 1.29 is 5.11 Å². The van der Waals surface area contributed by atoms with Gasteiger partial charge in [0.1, 0.15) is 0 Å². The van der Waals surface area contributed by atoms with Crippen LogP contribution in [-0.4, -0.2) is 17.3 Å². The number of nitrogen functional groups attached to an aromatic ring is 1. The summed E-state index contributed by atoms with van der Waals surface area (Å²) in [7, 11) is 0. The molecule has 4 heteroatoms. The zero-order valence-electron chi connectivity index (χ0n) is 9.17. The largest absolute Gasteiger partial charge is 0.399 e. The molecule has 0 heterocycles. The van der Waals surface area contributed by atoms with Gasteiger partial charge >= 0.3 is 0 Å². The highest BCUT2D eigenvalue weighted by atomic mass is 127. The number of anilines is 2. The van der Waals surface area contributed by atoms with E-state index >= 15 is 0 Å². The third-order valence-corrected chi connectivity index (χ3v) is 4.15. The number of nitrogens with two attached hydrogens (primary N) is 1. The lowest BCUT2D eigenvalue weighted by atomic mass is 9.98. The van der Waals surface area contributed by atoms with Crippen molar-refractivity contribution in [2.45, 2.75) is 31.2 Å². The fraction of sp³-hybridized carbons (Fsp3) is 0.500. The molecule has 1 aromatic carbocycles. The number of aliphatic hydroxyl groups is 1. The number of benzene rings is 1. The van der Waals surface area contributed by atoms with Gasteiger partial charge in [-0.2, -0.15) is 0 Å². The summed E-state index contributed by atoms with van der Waals surface area (Å²) in [6.45, 7) is 0.202. The zero-order valence-corrected chi connectivity index (χ0v) is 11.3. The Morgan fingerprint density at radius 3 is 2.62 bits per heavy atom. The molecule has 0 saturated heterocycles. The second kappa shape index (κ2) is 4.79. The van der Waals surface area contributed by atoms with E-state index in [0.29, 0.717) is 0 Å². The molecule has 1 saturated carbocycles. The van der Waals surface area contributed by atoms with Crippen molar-refractivity contribution in [1.29, 1.82) is 0 Å². The summed E-state index contributed by atoms with van der Waals surface area (Å²) in [5.41, 5.74) is 7.46. The van der Waals surface area contributed by atoms with Gasteiger partial charge < -0.3 is 16.2 Å². The van der Waals surface area contributed by atoms with Crippen LogP contribution in [0.15, 0.2) is 18.2 Å². The number of hydrogen-bond acceptors (Lipinski definition) is 3. The van der Waals surface area contributed by atoms with E-state index < -0.39 is 0 Å². The molecule has 1 aliphatic rings. The summed E-state index contributed by atoms with van der Waals surface area (Å²) in [4.78, 5) is 0. The Hall–Kier alpha value is -0.490. The molecule has 0 aliphatic heterocycles. The van der Waals surface area contributed by atoms with Crippen molar-refractivity contribution in [3.8, 4) is 0 Å². The van der Waals surface area contributed by atoms with Crippen molar-refractivity contribution in [1.82, 2.24) is 0 Å². The van der Waals surface area contributed by atoms with E-state index in [0.717, 1.165) is 27.8 Å². The van der Waals surface area contributed by atoms with E-state index in [1.165, 1.54) is 12.8 Å². The highest BCUT2D eigenvalue weighted by Gasteiger charge is 2.33. The van der Waals surface area contributed by atoms with Crippen LogP contribution < -0.4 is 11.1 Å². The molecule has 0 spiro atoms. The first-order valence-electron chi connectivity index (χ1n) is 5.59. The third kappa shape index (κ3) is 2.43. The zero-order chi connectivity index (χ0) is 11.6. The van der Waals surface area contributed by atoms with Crippen LogP contribution in [0.4, 0.5) is 11.4 Å². The van der Waals surface area contributed by atoms with Crippen LogP contribution in [0, 0.1) is 3.57 Å². The monoisotopic (exact) mass is 332 g/mol. The second-order valence-electron chi connectivity index (χ2n) is 4.51. The Morgan fingerprint density at radius 2 is 2.06 bits per heavy atom. The summed E-state index contributed by atoms with van der Waals surface area (Å²) in [5, 5.41) is 13.0. The van der Waals surface area contributed by atoms with Crippen molar-refractivity contribution in [2.24, 2.45) is 0 Å². The van der Waals surface area contributed by atoms with E-state index in [9.17, 15) is 5.11 Å². The maximum absolute atomic E-state index is 9.53. The van der Waals surface area contributed by atoms with E-state index in [2.05, 4.69) is 27.9 Å². The minimum atomic E-state index is -0.115. The molecular formula is C12H17IN2O. The number of rotatable bonds is 3. The van der Waals surface area contributed by atoms with Crippen LogP contribution in [0.3, 0.4) is 0 Å². The van der Waals surface area contributed by atoms with Gasteiger partial charge in [0.25, 0.3) is 0 Å². The predicted molar refractivity (Wildman–Crippen MR) is 75.5 cm³/mol.